The summed E-state index contributed by atoms with van der Waals surface area (Å²) in [6, 6.07) is 10.3. The highest BCUT2D eigenvalue weighted by Gasteiger charge is 2.15. The first-order chi connectivity index (χ1) is 7.92. The second-order valence-corrected chi connectivity index (χ2v) is 4.29. The van der Waals surface area contributed by atoms with Crippen LogP contribution in [0.4, 0.5) is 0 Å². The number of ether oxygens (including phenoxy) is 1. The summed E-state index contributed by atoms with van der Waals surface area (Å²) in [7, 11) is 0. The van der Waals surface area contributed by atoms with E-state index in [1.807, 2.05) is 12.1 Å². The van der Waals surface area contributed by atoms with E-state index in [-0.39, 0.29) is 0 Å². The Morgan fingerprint density at radius 3 is 2.75 bits per heavy atom. The summed E-state index contributed by atoms with van der Waals surface area (Å²) < 4.78 is 5.94. The molecule has 3 heteroatoms. The van der Waals surface area contributed by atoms with Crippen molar-refractivity contribution in [2.24, 2.45) is 0 Å². The maximum absolute atomic E-state index is 5.94. The van der Waals surface area contributed by atoms with Crippen LogP contribution < -0.4 is 10.1 Å². The molecule has 0 aliphatic carbocycles. The van der Waals surface area contributed by atoms with Crippen LogP contribution in [0.5, 0.6) is 5.88 Å². The molecule has 1 saturated heterocycles. The van der Waals surface area contributed by atoms with Crippen molar-refractivity contribution in [3.8, 4) is 5.88 Å². The summed E-state index contributed by atoms with van der Waals surface area (Å²) in [4.78, 5) is 3.30. The minimum atomic E-state index is 0.356. The summed E-state index contributed by atoms with van der Waals surface area (Å²) >= 11 is 0. The third-order valence-corrected chi connectivity index (χ3v) is 3.09. The van der Waals surface area contributed by atoms with Gasteiger partial charge in [-0.25, -0.2) is 0 Å². The van der Waals surface area contributed by atoms with Crippen LogP contribution in [0.3, 0.4) is 0 Å². The van der Waals surface area contributed by atoms with Gasteiger partial charge in [-0.2, -0.15) is 0 Å². The Hall–Kier alpha value is -1.48. The van der Waals surface area contributed by atoms with Gasteiger partial charge >= 0.3 is 0 Å². The Kier molecular flexibility index (Phi) is 2.54. The fraction of sp³-hybridized carbons (Fsp3) is 0.385. The zero-order valence-electron chi connectivity index (χ0n) is 9.20. The van der Waals surface area contributed by atoms with Gasteiger partial charge in [0.25, 0.3) is 0 Å². The number of aromatic amines is 1. The smallest absolute Gasteiger partial charge is 0.192 e. The lowest BCUT2D eigenvalue weighted by Gasteiger charge is -2.22. The number of fused-ring (bicyclic) bond motifs is 1. The molecule has 2 heterocycles. The van der Waals surface area contributed by atoms with Crippen LogP contribution in [0.15, 0.2) is 30.3 Å². The number of nitrogens with one attached hydrogen (secondary N) is 2. The number of hydrogen-bond acceptors (Lipinski definition) is 2. The van der Waals surface area contributed by atoms with Gasteiger partial charge in [0.15, 0.2) is 5.88 Å². The standard InChI is InChI=1S/C13H16N2O/c1-2-4-12-10(3-1)9-13(15-12)16-11-5-7-14-8-6-11/h1-4,9,11,14-15H,5-8H2. The maximum Gasteiger partial charge on any atom is 0.192 e. The molecule has 0 saturated carbocycles. The summed E-state index contributed by atoms with van der Waals surface area (Å²) in [5, 5.41) is 4.55. The summed E-state index contributed by atoms with van der Waals surface area (Å²) in [6.45, 7) is 2.12. The second kappa shape index (κ2) is 4.18. The Morgan fingerprint density at radius 2 is 1.94 bits per heavy atom. The van der Waals surface area contributed by atoms with Gasteiger partial charge in [-0.15, -0.1) is 0 Å². The fourth-order valence-corrected chi connectivity index (χ4v) is 2.20. The van der Waals surface area contributed by atoms with E-state index in [0.717, 1.165) is 37.3 Å². The molecule has 0 amide bonds. The van der Waals surface area contributed by atoms with Gasteiger partial charge in [0, 0.05) is 17.0 Å². The third kappa shape index (κ3) is 1.91. The quantitative estimate of drug-likeness (QED) is 0.808. The van der Waals surface area contributed by atoms with Crippen LogP contribution >= 0.6 is 0 Å². The van der Waals surface area contributed by atoms with Crippen molar-refractivity contribution < 1.29 is 4.74 Å². The predicted molar refractivity (Wildman–Crippen MR) is 64.8 cm³/mol. The van der Waals surface area contributed by atoms with Gasteiger partial charge in [-0.3, -0.25) is 0 Å². The molecule has 0 atom stereocenters. The Bertz CT molecular complexity index is 438. The van der Waals surface area contributed by atoms with Crippen LogP contribution in [0.2, 0.25) is 0 Å². The van der Waals surface area contributed by atoms with E-state index in [2.05, 4.69) is 28.5 Å². The monoisotopic (exact) mass is 216 g/mol. The number of aromatic nitrogens is 1. The van der Waals surface area contributed by atoms with E-state index in [1.165, 1.54) is 5.39 Å². The molecule has 16 heavy (non-hydrogen) atoms. The number of para-hydroxylation sites is 1. The lowest BCUT2D eigenvalue weighted by molar-refractivity contribution is 0.157. The molecule has 1 fully saturated rings. The zero-order chi connectivity index (χ0) is 10.8. The Balaban J connectivity index is 1.78. The van der Waals surface area contributed by atoms with Crippen LogP contribution in [0.1, 0.15) is 12.8 Å². The average Bonchev–Trinajstić information content (AvgIpc) is 2.72. The van der Waals surface area contributed by atoms with E-state index in [1.54, 1.807) is 0 Å². The second-order valence-electron chi connectivity index (χ2n) is 4.29. The van der Waals surface area contributed by atoms with E-state index in [9.17, 15) is 0 Å². The molecule has 1 aliphatic rings. The van der Waals surface area contributed by atoms with Crippen molar-refractivity contribution in [3.05, 3.63) is 30.3 Å². The average molecular weight is 216 g/mol. The Labute approximate surface area is 94.8 Å². The van der Waals surface area contributed by atoms with Gasteiger partial charge in [-0.05, 0) is 32.0 Å². The molecule has 2 N–H and O–H groups in total. The largest absolute Gasteiger partial charge is 0.476 e. The van der Waals surface area contributed by atoms with E-state index < -0.39 is 0 Å². The van der Waals surface area contributed by atoms with Crippen LogP contribution in [-0.4, -0.2) is 24.2 Å². The van der Waals surface area contributed by atoms with Crippen molar-refractivity contribution in [1.29, 1.82) is 0 Å². The predicted octanol–water partition coefficient (Wildman–Crippen LogP) is 2.30. The Morgan fingerprint density at radius 1 is 1.12 bits per heavy atom. The lowest BCUT2D eigenvalue weighted by Crippen LogP contribution is -2.34. The molecule has 1 aliphatic heterocycles. The first-order valence-corrected chi connectivity index (χ1v) is 5.87. The fourth-order valence-electron chi connectivity index (χ4n) is 2.20. The van der Waals surface area contributed by atoms with Crippen molar-refractivity contribution in [2.75, 3.05) is 13.1 Å². The summed E-state index contributed by atoms with van der Waals surface area (Å²) in [5.74, 6) is 0.896. The highest BCUT2D eigenvalue weighted by Crippen LogP contribution is 2.22. The molecule has 84 valence electrons. The highest BCUT2D eigenvalue weighted by molar-refractivity contribution is 5.81. The van der Waals surface area contributed by atoms with Crippen molar-refractivity contribution in [1.82, 2.24) is 10.3 Å². The molecule has 1 aromatic carbocycles. The van der Waals surface area contributed by atoms with Crippen molar-refractivity contribution >= 4 is 10.9 Å². The SMILES string of the molecule is c1ccc2[nH]c(OC3CCNCC3)cc2c1. The topological polar surface area (TPSA) is 37.0 Å². The van der Waals surface area contributed by atoms with Crippen LogP contribution in [-0.2, 0) is 0 Å². The number of benzene rings is 1. The lowest BCUT2D eigenvalue weighted by atomic mass is 10.1. The molecule has 0 spiro atoms. The summed E-state index contributed by atoms with van der Waals surface area (Å²) in [5.41, 5.74) is 1.14. The zero-order valence-corrected chi connectivity index (χ0v) is 9.20. The number of piperidine rings is 1. The molecule has 0 bridgehead atoms. The van der Waals surface area contributed by atoms with E-state index >= 15 is 0 Å². The molecular weight excluding hydrogens is 200 g/mol. The number of H-pyrrole nitrogens is 1. The highest BCUT2D eigenvalue weighted by atomic mass is 16.5. The van der Waals surface area contributed by atoms with Crippen LogP contribution in [0.25, 0.3) is 10.9 Å². The number of hydrogen-bond donors (Lipinski definition) is 2. The molecular formula is C13H16N2O. The van der Waals surface area contributed by atoms with Gasteiger partial charge in [0.05, 0.1) is 0 Å². The first-order valence-electron chi connectivity index (χ1n) is 5.87. The molecule has 1 aromatic heterocycles. The normalized spacial score (nSPS) is 17.8. The first kappa shape index (κ1) is 9.73. The van der Waals surface area contributed by atoms with E-state index in [0.29, 0.717) is 6.10 Å². The van der Waals surface area contributed by atoms with Gasteiger partial charge in [0.2, 0.25) is 0 Å². The van der Waals surface area contributed by atoms with Crippen molar-refractivity contribution in [3.63, 3.8) is 0 Å². The minimum absolute atomic E-state index is 0.356. The van der Waals surface area contributed by atoms with Crippen molar-refractivity contribution in [2.45, 2.75) is 18.9 Å². The van der Waals surface area contributed by atoms with Gasteiger partial charge < -0.3 is 15.0 Å². The third-order valence-electron chi connectivity index (χ3n) is 3.09. The van der Waals surface area contributed by atoms with Gasteiger partial charge in [-0.1, -0.05) is 18.2 Å². The molecule has 3 rings (SSSR count). The van der Waals surface area contributed by atoms with E-state index in [4.69, 9.17) is 4.74 Å². The minimum Gasteiger partial charge on any atom is -0.476 e. The van der Waals surface area contributed by atoms with Gasteiger partial charge in [0.1, 0.15) is 6.10 Å². The molecule has 3 nitrogen and oxygen atoms in total. The number of rotatable bonds is 2. The maximum atomic E-state index is 5.94. The molecule has 0 radical (unpaired) electrons. The van der Waals surface area contributed by atoms with Crippen LogP contribution in [0, 0.1) is 0 Å². The summed E-state index contributed by atoms with van der Waals surface area (Å²) in [6.07, 6.45) is 2.54. The molecule has 2 aromatic rings. The molecule has 0 unspecified atom stereocenters.